The van der Waals surface area contributed by atoms with Gasteiger partial charge >= 0.3 is 6.18 Å². The standard InChI is InChI=1S/C35H37ClF3N9O4/c1-4-23-30(46-11-12-47(25-8-7-24(25)46)34(52)29-31(50)19(3)41-17-42-29)32(51)28-33(40-14-26(44-28)45-10-9-18(2)15-45)48(23)16-27(49)43-22-6-5-20(13-21(22)36)35(37,38)39/h5-6,13-14,17-18,24-25,50H,4,7-12,15-16H2,1-3H3,(H,43,49)/t18-,24+,25+/m1/s1. The molecule has 17 heteroatoms. The molecule has 274 valence electrons. The van der Waals surface area contributed by atoms with Crippen LogP contribution >= 0.6 is 11.6 Å². The summed E-state index contributed by atoms with van der Waals surface area (Å²) in [5, 5.41) is 12.9. The molecule has 1 saturated carbocycles. The molecule has 1 aliphatic carbocycles. The second kappa shape index (κ2) is 13.5. The predicted octanol–water partition coefficient (Wildman–Crippen LogP) is 4.81. The number of aryl methyl sites for hydroxylation is 1. The number of rotatable bonds is 7. The number of hydrogen-bond donors (Lipinski definition) is 2. The van der Waals surface area contributed by atoms with Gasteiger partial charge in [0.2, 0.25) is 11.3 Å². The number of amides is 2. The number of halogens is 4. The monoisotopic (exact) mass is 739 g/mol. The number of carbonyl (C=O) groups is 2. The number of nitrogens with zero attached hydrogens (tertiary/aromatic N) is 8. The van der Waals surface area contributed by atoms with E-state index >= 15 is 0 Å². The fraction of sp³-hybridized carbons (Fsp3) is 0.457. The van der Waals surface area contributed by atoms with Crippen molar-refractivity contribution in [2.75, 3.05) is 41.3 Å². The summed E-state index contributed by atoms with van der Waals surface area (Å²) in [6, 6.07) is 2.19. The van der Waals surface area contributed by atoms with Gasteiger partial charge in [0.05, 0.1) is 34.2 Å². The Morgan fingerprint density at radius 3 is 2.50 bits per heavy atom. The zero-order chi connectivity index (χ0) is 37.1. The molecule has 7 rings (SSSR count). The van der Waals surface area contributed by atoms with E-state index in [0.29, 0.717) is 48.1 Å². The molecule has 0 unspecified atom stereocenters. The van der Waals surface area contributed by atoms with Crippen LogP contribution in [0.3, 0.4) is 0 Å². The second-order valence-corrected chi connectivity index (χ2v) is 14.0. The van der Waals surface area contributed by atoms with E-state index in [1.807, 2.05) is 11.8 Å². The zero-order valence-corrected chi connectivity index (χ0v) is 29.5. The molecule has 0 radical (unpaired) electrons. The van der Waals surface area contributed by atoms with Crippen LogP contribution < -0.4 is 20.5 Å². The van der Waals surface area contributed by atoms with Gasteiger partial charge in [-0.05, 0) is 56.7 Å². The summed E-state index contributed by atoms with van der Waals surface area (Å²) < 4.78 is 41.4. The van der Waals surface area contributed by atoms with Gasteiger partial charge < -0.3 is 29.7 Å². The molecular weight excluding hydrogens is 703 g/mol. The largest absolute Gasteiger partial charge is 0.504 e. The molecule has 52 heavy (non-hydrogen) atoms. The van der Waals surface area contributed by atoms with Crippen LogP contribution in [0.2, 0.25) is 5.02 Å². The summed E-state index contributed by atoms with van der Waals surface area (Å²) in [5.41, 5.74) is 0.0967. The smallest absolute Gasteiger partial charge is 0.416 e. The molecule has 1 aromatic carbocycles. The number of nitrogens with one attached hydrogen (secondary N) is 1. The molecule has 2 saturated heterocycles. The molecule has 2 N–H and O–H groups in total. The fourth-order valence-corrected chi connectivity index (χ4v) is 7.72. The molecule has 13 nitrogen and oxygen atoms in total. The molecule has 4 aromatic rings. The molecule has 5 heterocycles. The highest BCUT2D eigenvalue weighted by Gasteiger charge is 2.47. The molecule has 0 spiro atoms. The highest BCUT2D eigenvalue weighted by molar-refractivity contribution is 6.33. The van der Waals surface area contributed by atoms with Crippen molar-refractivity contribution in [3.63, 3.8) is 0 Å². The first-order chi connectivity index (χ1) is 24.8. The Labute approximate surface area is 301 Å². The van der Waals surface area contributed by atoms with Gasteiger partial charge in [0.25, 0.3) is 5.91 Å². The van der Waals surface area contributed by atoms with Crippen LogP contribution in [-0.2, 0) is 23.9 Å². The van der Waals surface area contributed by atoms with Gasteiger partial charge in [-0.25, -0.2) is 19.9 Å². The van der Waals surface area contributed by atoms with Gasteiger partial charge in [-0.2, -0.15) is 13.2 Å². The van der Waals surface area contributed by atoms with Crippen LogP contribution in [-0.4, -0.2) is 84.6 Å². The number of carbonyl (C=O) groups excluding carboxylic acids is 2. The summed E-state index contributed by atoms with van der Waals surface area (Å²) >= 11 is 6.15. The van der Waals surface area contributed by atoms with E-state index in [0.717, 1.165) is 37.7 Å². The fourth-order valence-electron chi connectivity index (χ4n) is 7.50. The van der Waals surface area contributed by atoms with E-state index in [9.17, 15) is 32.7 Å². The van der Waals surface area contributed by atoms with E-state index in [1.54, 1.807) is 22.6 Å². The van der Waals surface area contributed by atoms with Crippen molar-refractivity contribution >= 4 is 51.8 Å². The number of hydrogen-bond acceptors (Lipinski definition) is 10. The first-order valence-corrected chi connectivity index (χ1v) is 17.6. The topological polar surface area (TPSA) is 150 Å². The third-order valence-electron chi connectivity index (χ3n) is 10.3. The normalized spacial score (nSPS) is 20.2. The van der Waals surface area contributed by atoms with Crippen LogP contribution in [0.15, 0.2) is 35.5 Å². The maximum Gasteiger partial charge on any atom is 0.416 e. The Kier molecular flexibility index (Phi) is 9.21. The Hall–Kier alpha value is -4.99. The van der Waals surface area contributed by atoms with Gasteiger partial charge in [0.15, 0.2) is 22.6 Å². The third kappa shape index (κ3) is 6.26. The van der Waals surface area contributed by atoms with Gasteiger partial charge in [0, 0.05) is 37.9 Å². The van der Waals surface area contributed by atoms with Crippen molar-refractivity contribution in [3.05, 3.63) is 68.6 Å². The van der Waals surface area contributed by atoms with Crippen molar-refractivity contribution in [2.24, 2.45) is 5.92 Å². The predicted molar refractivity (Wildman–Crippen MR) is 188 cm³/mol. The summed E-state index contributed by atoms with van der Waals surface area (Å²) in [6.45, 7) is 7.30. The van der Waals surface area contributed by atoms with Gasteiger partial charge in [-0.15, -0.1) is 0 Å². The number of pyridine rings is 1. The first-order valence-electron chi connectivity index (χ1n) is 17.2. The van der Waals surface area contributed by atoms with Gasteiger partial charge in [-0.3, -0.25) is 14.4 Å². The van der Waals surface area contributed by atoms with Crippen LogP contribution in [0.4, 0.5) is 30.4 Å². The molecule has 3 aliphatic rings. The van der Waals surface area contributed by atoms with Crippen LogP contribution in [0.25, 0.3) is 11.2 Å². The van der Waals surface area contributed by atoms with Crippen LogP contribution in [0.5, 0.6) is 5.75 Å². The Bertz CT molecular complexity index is 2150. The molecule has 2 aliphatic heterocycles. The van der Waals surface area contributed by atoms with E-state index in [-0.39, 0.29) is 70.5 Å². The molecule has 2 amide bonds. The lowest BCUT2D eigenvalue weighted by molar-refractivity contribution is -0.137. The van der Waals surface area contributed by atoms with Crippen LogP contribution in [0, 0.1) is 12.8 Å². The zero-order valence-electron chi connectivity index (χ0n) is 28.7. The quantitative estimate of drug-likeness (QED) is 0.271. The lowest BCUT2D eigenvalue weighted by Crippen LogP contribution is -2.67. The van der Waals surface area contributed by atoms with Gasteiger partial charge in [0.1, 0.15) is 24.4 Å². The van der Waals surface area contributed by atoms with E-state index in [4.69, 9.17) is 16.6 Å². The molecule has 3 aromatic heterocycles. The van der Waals surface area contributed by atoms with Crippen molar-refractivity contribution in [2.45, 2.75) is 71.3 Å². The van der Waals surface area contributed by atoms with Crippen molar-refractivity contribution in [3.8, 4) is 5.75 Å². The Morgan fingerprint density at radius 2 is 1.85 bits per heavy atom. The molecule has 0 bridgehead atoms. The van der Waals surface area contributed by atoms with Crippen LogP contribution in [0.1, 0.15) is 60.5 Å². The first kappa shape index (κ1) is 35.4. The Balaban J connectivity index is 1.27. The molecular formula is C35H37ClF3N9O4. The average molecular weight is 740 g/mol. The molecule has 3 fully saturated rings. The lowest BCUT2D eigenvalue weighted by atomic mass is 9.81. The number of fused-ring (bicyclic) bond motifs is 2. The second-order valence-electron chi connectivity index (χ2n) is 13.6. The highest BCUT2D eigenvalue weighted by Crippen LogP contribution is 2.39. The number of anilines is 3. The number of benzene rings is 1. The van der Waals surface area contributed by atoms with Crippen molar-refractivity contribution < 1.29 is 27.9 Å². The number of piperazine rings is 1. The minimum absolute atomic E-state index is 0.00262. The third-order valence-corrected chi connectivity index (χ3v) is 10.6. The summed E-state index contributed by atoms with van der Waals surface area (Å²) in [5.74, 6) is -0.292. The maximum absolute atomic E-state index is 14.6. The minimum atomic E-state index is -4.60. The van der Waals surface area contributed by atoms with Gasteiger partial charge in [-0.1, -0.05) is 25.4 Å². The summed E-state index contributed by atoms with van der Waals surface area (Å²) in [4.78, 5) is 65.1. The van der Waals surface area contributed by atoms with Crippen molar-refractivity contribution in [1.29, 1.82) is 0 Å². The van der Waals surface area contributed by atoms with E-state index in [2.05, 4.69) is 32.1 Å². The lowest BCUT2D eigenvalue weighted by Gasteiger charge is -2.54. The number of aromatic hydroxyl groups is 1. The minimum Gasteiger partial charge on any atom is -0.504 e. The van der Waals surface area contributed by atoms with E-state index < -0.39 is 23.6 Å². The summed E-state index contributed by atoms with van der Waals surface area (Å²) in [6.07, 6.45) is 0.884. The summed E-state index contributed by atoms with van der Waals surface area (Å²) in [7, 11) is 0. The average Bonchev–Trinajstić information content (AvgIpc) is 3.53. The highest BCUT2D eigenvalue weighted by atomic mass is 35.5. The molecule has 3 atom stereocenters. The van der Waals surface area contributed by atoms with Crippen molar-refractivity contribution in [1.82, 2.24) is 29.4 Å². The Morgan fingerprint density at radius 1 is 1.08 bits per heavy atom. The van der Waals surface area contributed by atoms with E-state index in [1.165, 1.54) is 6.33 Å². The SMILES string of the molecule is CCc1c(N2CCN(C(=O)c3ncnc(C)c3O)[C@H]3CC[C@@H]32)c(=O)c2nc(N3CC[C@@H](C)C3)cnc2n1CC(=O)Nc1ccc(C(F)(F)F)cc1Cl. The number of alkyl halides is 3. The number of aromatic nitrogens is 5. The maximum atomic E-state index is 14.6.